The van der Waals surface area contributed by atoms with Crippen LogP contribution in [0.3, 0.4) is 0 Å². The van der Waals surface area contributed by atoms with E-state index in [0.717, 1.165) is 12.8 Å². The summed E-state index contributed by atoms with van der Waals surface area (Å²) in [6.07, 6.45) is 15.3. The lowest BCUT2D eigenvalue weighted by Gasteiger charge is -2.06. The van der Waals surface area contributed by atoms with Gasteiger partial charge in [0.2, 0.25) is 5.91 Å². The smallest absolute Gasteiger partial charge is 0.338 e. The largest absolute Gasteiger partial charge is 0.462 e. The van der Waals surface area contributed by atoms with E-state index in [2.05, 4.69) is 6.92 Å². The molecule has 0 radical (unpaired) electrons. The maximum Gasteiger partial charge on any atom is 0.338 e. The first-order chi connectivity index (χ1) is 12.6. The Morgan fingerprint density at radius 2 is 1.31 bits per heavy atom. The lowest BCUT2D eigenvalue weighted by Crippen LogP contribution is -2.13. The fraction of sp³-hybridized carbons (Fsp3) is 0.636. The molecular weight excluding hydrogens is 326 g/mol. The lowest BCUT2D eigenvalue weighted by molar-refractivity contribution is 0.0497. The summed E-state index contributed by atoms with van der Waals surface area (Å²) in [4.78, 5) is 23.1. The van der Waals surface area contributed by atoms with Gasteiger partial charge in [-0.2, -0.15) is 0 Å². The van der Waals surface area contributed by atoms with Crippen LogP contribution in [0.5, 0.6) is 0 Å². The van der Waals surface area contributed by atoms with Crippen molar-refractivity contribution < 1.29 is 14.3 Å². The number of amides is 1. The topological polar surface area (TPSA) is 69.4 Å². The number of esters is 1. The van der Waals surface area contributed by atoms with E-state index in [1.807, 2.05) is 0 Å². The van der Waals surface area contributed by atoms with Crippen molar-refractivity contribution in [1.29, 1.82) is 0 Å². The zero-order chi connectivity index (χ0) is 19.0. The average Bonchev–Trinajstić information content (AvgIpc) is 2.65. The van der Waals surface area contributed by atoms with Gasteiger partial charge in [0.25, 0.3) is 0 Å². The highest BCUT2D eigenvalue weighted by molar-refractivity contribution is 5.97. The van der Waals surface area contributed by atoms with Crippen molar-refractivity contribution in [3.63, 3.8) is 0 Å². The Morgan fingerprint density at radius 3 is 1.85 bits per heavy atom. The Labute approximate surface area is 158 Å². The van der Waals surface area contributed by atoms with Crippen LogP contribution in [0, 0.1) is 0 Å². The first kappa shape index (κ1) is 22.2. The van der Waals surface area contributed by atoms with Crippen LogP contribution < -0.4 is 5.73 Å². The highest BCUT2D eigenvalue weighted by Crippen LogP contribution is 2.12. The summed E-state index contributed by atoms with van der Waals surface area (Å²) in [6.45, 7) is 2.68. The SMILES string of the molecule is CCCCCCCCCCCCCCOC(=O)c1cccc(C(N)=O)c1. The second kappa shape index (κ2) is 14.3. The molecule has 0 bridgehead atoms. The van der Waals surface area contributed by atoms with E-state index in [0.29, 0.717) is 17.7 Å². The molecule has 1 aromatic carbocycles. The zero-order valence-corrected chi connectivity index (χ0v) is 16.3. The van der Waals surface area contributed by atoms with Gasteiger partial charge in [0.1, 0.15) is 0 Å². The Kier molecular flexibility index (Phi) is 12.2. The zero-order valence-electron chi connectivity index (χ0n) is 16.3. The van der Waals surface area contributed by atoms with Crippen molar-refractivity contribution in [2.24, 2.45) is 5.73 Å². The van der Waals surface area contributed by atoms with E-state index in [4.69, 9.17) is 10.5 Å². The second-order valence-corrected chi connectivity index (χ2v) is 6.97. The molecule has 0 saturated heterocycles. The van der Waals surface area contributed by atoms with Crippen molar-refractivity contribution in [3.8, 4) is 0 Å². The molecule has 0 aliphatic carbocycles. The normalized spacial score (nSPS) is 10.7. The predicted octanol–water partition coefficient (Wildman–Crippen LogP) is 5.64. The summed E-state index contributed by atoms with van der Waals surface area (Å²) in [5, 5.41) is 0. The number of carbonyl (C=O) groups excluding carboxylic acids is 2. The summed E-state index contributed by atoms with van der Waals surface area (Å²) in [5.41, 5.74) is 5.92. The van der Waals surface area contributed by atoms with Crippen LogP contribution in [0.4, 0.5) is 0 Å². The molecule has 0 atom stereocenters. The third-order valence-electron chi connectivity index (χ3n) is 4.61. The summed E-state index contributed by atoms with van der Waals surface area (Å²) in [5.74, 6) is -0.934. The highest BCUT2D eigenvalue weighted by atomic mass is 16.5. The number of hydrogen-bond donors (Lipinski definition) is 1. The number of carbonyl (C=O) groups is 2. The quantitative estimate of drug-likeness (QED) is 0.324. The molecule has 0 fully saturated rings. The molecule has 146 valence electrons. The monoisotopic (exact) mass is 361 g/mol. The van der Waals surface area contributed by atoms with Gasteiger partial charge in [-0.1, -0.05) is 83.6 Å². The van der Waals surface area contributed by atoms with Gasteiger partial charge in [-0.15, -0.1) is 0 Å². The van der Waals surface area contributed by atoms with Gasteiger partial charge in [-0.3, -0.25) is 4.79 Å². The van der Waals surface area contributed by atoms with Crippen molar-refractivity contribution in [2.45, 2.75) is 84.0 Å². The van der Waals surface area contributed by atoms with Gasteiger partial charge in [0.15, 0.2) is 0 Å². The first-order valence-electron chi connectivity index (χ1n) is 10.2. The van der Waals surface area contributed by atoms with Crippen molar-refractivity contribution in [3.05, 3.63) is 35.4 Å². The van der Waals surface area contributed by atoms with E-state index < -0.39 is 11.9 Å². The van der Waals surface area contributed by atoms with Crippen LogP contribution in [0.2, 0.25) is 0 Å². The van der Waals surface area contributed by atoms with Gasteiger partial charge in [0, 0.05) is 5.56 Å². The molecule has 1 rings (SSSR count). The number of ether oxygens (including phenoxy) is 1. The van der Waals surface area contributed by atoms with Gasteiger partial charge < -0.3 is 10.5 Å². The molecule has 0 saturated carbocycles. The highest BCUT2D eigenvalue weighted by Gasteiger charge is 2.09. The molecular formula is C22H35NO3. The molecule has 0 spiro atoms. The summed E-state index contributed by atoms with van der Waals surface area (Å²) in [6, 6.07) is 6.34. The molecule has 26 heavy (non-hydrogen) atoms. The number of nitrogens with two attached hydrogens (primary N) is 1. The van der Waals surface area contributed by atoms with E-state index in [1.165, 1.54) is 70.3 Å². The Hall–Kier alpha value is -1.84. The number of rotatable bonds is 15. The van der Waals surface area contributed by atoms with E-state index in [1.54, 1.807) is 18.2 Å². The molecule has 0 aliphatic rings. The minimum atomic E-state index is -0.541. The number of unbranched alkanes of at least 4 members (excludes halogenated alkanes) is 11. The first-order valence-corrected chi connectivity index (χ1v) is 10.2. The third kappa shape index (κ3) is 10.2. The number of benzene rings is 1. The van der Waals surface area contributed by atoms with Crippen molar-refractivity contribution in [1.82, 2.24) is 0 Å². The van der Waals surface area contributed by atoms with Crippen LogP contribution in [-0.2, 0) is 4.74 Å². The molecule has 1 aromatic rings. The van der Waals surface area contributed by atoms with Crippen molar-refractivity contribution >= 4 is 11.9 Å². The second-order valence-electron chi connectivity index (χ2n) is 6.97. The summed E-state index contributed by atoms with van der Waals surface area (Å²) in [7, 11) is 0. The van der Waals surface area contributed by atoms with E-state index >= 15 is 0 Å². The number of primary amides is 1. The van der Waals surface area contributed by atoms with Crippen LogP contribution in [-0.4, -0.2) is 18.5 Å². The molecule has 2 N–H and O–H groups in total. The van der Waals surface area contributed by atoms with Gasteiger partial charge in [-0.25, -0.2) is 4.79 Å². The maximum atomic E-state index is 11.9. The minimum absolute atomic E-state index is 0.324. The van der Waals surface area contributed by atoms with E-state index in [9.17, 15) is 9.59 Å². The summed E-state index contributed by atoms with van der Waals surface area (Å²) >= 11 is 0. The maximum absolute atomic E-state index is 11.9. The molecule has 4 heteroatoms. The fourth-order valence-electron chi connectivity index (χ4n) is 2.99. The van der Waals surface area contributed by atoms with Gasteiger partial charge >= 0.3 is 5.97 Å². The fourth-order valence-corrected chi connectivity index (χ4v) is 2.99. The van der Waals surface area contributed by atoms with Crippen LogP contribution >= 0.6 is 0 Å². The van der Waals surface area contributed by atoms with Crippen molar-refractivity contribution in [2.75, 3.05) is 6.61 Å². The molecule has 4 nitrogen and oxygen atoms in total. The van der Waals surface area contributed by atoms with Crippen LogP contribution in [0.1, 0.15) is 105 Å². The standard InChI is InChI=1S/C22H35NO3/c1-2-3-4-5-6-7-8-9-10-11-12-13-17-26-22(25)20-16-14-15-19(18-20)21(23)24/h14-16,18H,2-13,17H2,1H3,(H2,23,24). The van der Waals surface area contributed by atoms with E-state index in [-0.39, 0.29) is 0 Å². The van der Waals surface area contributed by atoms with Gasteiger partial charge in [0.05, 0.1) is 12.2 Å². The molecule has 0 aliphatic heterocycles. The Balaban J connectivity index is 1.98. The minimum Gasteiger partial charge on any atom is -0.462 e. The number of hydrogen-bond acceptors (Lipinski definition) is 3. The molecule has 0 unspecified atom stereocenters. The average molecular weight is 362 g/mol. The van der Waals surface area contributed by atoms with Crippen LogP contribution in [0.15, 0.2) is 24.3 Å². The lowest BCUT2D eigenvalue weighted by atomic mass is 10.1. The van der Waals surface area contributed by atoms with Crippen LogP contribution in [0.25, 0.3) is 0 Å². The Morgan fingerprint density at radius 1 is 0.808 bits per heavy atom. The molecule has 0 aromatic heterocycles. The molecule has 0 heterocycles. The van der Waals surface area contributed by atoms with Gasteiger partial charge in [-0.05, 0) is 24.6 Å². The Bertz CT molecular complexity index is 528. The predicted molar refractivity (Wildman–Crippen MR) is 106 cm³/mol. The third-order valence-corrected chi connectivity index (χ3v) is 4.61. The molecule has 1 amide bonds. The summed E-state index contributed by atoms with van der Waals surface area (Å²) < 4.78 is 5.26.